The molecule has 8 heteroatoms. The average Bonchev–Trinajstić information content (AvgIpc) is 3.26. The molecule has 0 fully saturated rings. The summed E-state index contributed by atoms with van der Waals surface area (Å²) in [5, 5.41) is 12.2. The molecule has 8 nitrogen and oxygen atoms in total. The monoisotopic (exact) mass is 382 g/mol. The summed E-state index contributed by atoms with van der Waals surface area (Å²) in [5.74, 6) is 0.512. The molecule has 0 saturated carbocycles. The molecule has 3 aromatic heterocycles. The van der Waals surface area contributed by atoms with E-state index in [9.17, 15) is 4.79 Å². The fourth-order valence-corrected chi connectivity index (χ4v) is 3.64. The van der Waals surface area contributed by atoms with Crippen LogP contribution in [0.5, 0.6) is 0 Å². The number of pyridine rings is 1. The van der Waals surface area contributed by atoms with Crippen LogP contribution in [0.1, 0.15) is 38.9 Å². The second kappa shape index (κ2) is 6.94. The smallest absolute Gasteiger partial charge is 0.264 e. The lowest BCUT2D eigenvalue weighted by molar-refractivity contribution is 0.161. The molecule has 1 unspecified atom stereocenters. The van der Waals surface area contributed by atoms with Crippen LogP contribution in [0.3, 0.4) is 0 Å². The van der Waals surface area contributed by atoms with Crippen LogP contribution in [0.25, 0.3) is 27.7 Å². The highest BCUT2D eigenvalue weighted by molar-refractivity contribution is 5.97. The average molecular weight is 382 g/mol. The van der Waals surface area contributed by atoms with Crippen molar-refractivity contribution in [2.45, 2.75) is 33.2 Å². The molecule has 3 N–H and O–H groups in total. The normalized spacial score (nSPS) is 16.0. The number of aryl methyl sites for hydroxylation is 1. The van der Waals surface area contributed by atoms with Crippen LogP contribution in [-0.2, 0) is 11.8 Å². The number of nitrogens with one attached hydrogen (secondary N) is 1. The third-order valence-corrected chi connectivity index (χ3v) is 5.63. The highest BCUT2D eigenvalue weighted by Gasteiger charge is 2.22. The zero-order valence-corrected chi connectivity index (χ0v) is 16.7. The Morgan fingerprint density at radius 1 is 1.32 bits per heavy atom. The number of hydrogen-bond donors (Lipinski definition) is 2. The van der Waals surface area contributed by atoms with Crippen molar-refractivity contribution in [3.8, 4) is 11.3 Å². The number of nitrogens with two attached hydrogens (primary N) is 1. The van der Waals surface area contributed by atoms with Crippen LogP contribution < -0.4 is 11.3 Å². The van der Waals surface area contributed by atoms with Crippen molar-refractivity contribution in [3.05, 3.63) is 34.4 Å². The van der Waals surface area contributed by atoms with Crippen molar-refractivity contribution in [2.75, 3.05) is 18.9 Å². The quantitative estimate of drug-likeness (QED) is 0.722. The molecule has 3 aromatic rings. The van der Waals surface area contributed by atoms with Gasteiger partial charge in [0.2, 0.25) is 0 Å². The molecule has 148 valence electrons. The van der Waals surface area contributed by atoms with E-state index in [-0.39, 0.29) is 17.4 Å². The second-order valence-corrected chi connectivity index (χ2v) is 7.69. The summed E-state index contributed by atoms with van der Waals surface area (Å²) in [5.41, 5.74) is 10.4. The Labute approximate surface area is 163 Å². The number of aromatic nitrogens is 5. The first kappa shape index (κ1) is 18.5. The van der Waals surface area contributed by atoms with Gasteiger partial charge in [-0.2, -0.15) is 10.2 Å². The molecule has 0 spiro atoms. The number of rotatable bonds is 4. The molecule has 0 saturated heterocycles. The van der Waals surface area contributed by atoms with Gasteiger partial charge in [0.05, 0.1) is 30.1 Å². The SMILES string of the molecule is CC(C)C(C)n1cc(-c2cc(C3=CCOCC3)n(C)n2)c2[nH]nc(N)c2c1=O. The Bertz CT molecular complexity index is 1120. The first-order valence-electron chi connectivity index (χ1n) is 9.58. The molecule has 0 amide bonds. The third kappa shape index (κ3) is 2.93. The Morgan fingerprint density at radius 3 is 2.79 bits per heavy atom. The van der Waals surface area contributed by atoms with Gasteiger partial charge in [0.1, 0.15) is 5.39 Å². The van der Waals surface area contributed by atoms with Gasteiger partial charge in [-0.1, -0.05) is 19.9 Å². The van der Waals surface area contributed by atoms with Crippen molar-refractivity contribution in [1.29, 1.82) is 0 Å². The summed E-state index contributed by atoms with van der Waals surface area (Å²) in [6, 6.07) is 2.07. The molecule has 1 aliphatic heterocycles. The van der Waals surface area contributed by atoms with Crippen LogP contribution in [0.15, 0.2) is 23.1 Å². The van der Waals surface area contributed by atoms with Gasteiger partial charge in [-0.15, -0.1) is 0 Å². The molecule has 1 aliphatic rings. The summed E-state index contributed by atoms with van der Waals surface area (Å²) in [4.78, 5) is 13.0. The van der Waals surface area contributed by atoms with Crippen molar-refractivity contribution in [2.24, 2.45) is 13.0 Å². The van der Waals surface area contributed by atoms with Gasteiger partial charge in [0.25, 0.3) is 5.56 Å². The summed E-state index contributed by atoms with van der Waals surface area (Å²) in [7, 11) is 1.93. The van der Waals surface area contributed by atoms with E-state index in [1.807, 2.05) is 24.9 Å². The number of ether oxygens (including phenoxy) is 1. The maximum absolute atomic E-state index is 13.0. The summed E-state index contributed by atoms with van der Waals surface area (Å²) < 4.78 is 9.04. The highest BCUT2D eigenvalue weighted by Crippen LogP contribution is 2.31. The van der Waals surface area contributed by atoms with Crippen LogP contribution in [0.2, 0.25) is 0 Å². The number of hydrogen-bond acceptors (Lipinski definition) is 5. The molecular weight excluding hydrogens is 356 g/mol. The third-order valence-electron chi connectivity index (χ3n) is 5.63. The van der Waals surface area contributed by atoms with Crippen molar-refractivity contribution < 1.29 is 4.74 Å². The van der Waals surface area contributed by atoms with E-state index in [0.717, 1.165) is 23.4 Å². The van der Waals surface area contributed by atoms with Gasteiger partial charge in [0, 0.05) is 24.8 Å². The zero-order chi connectivity index (χ0) is 20.0. The van der Waals surface area contributed by atoms with Gasteiger partial charge in [-0.05, 0) is 30.9 Å². The molecular formula is C20H26N6O2. The fourth-order valence-electron chi connectivity index (χ4n) is 3.64. The number of nitrogen functional groups attached to an aromatic ring is 1. The number of aromatic amines is 1. The summed E-state index contributed by atoms with van der Waals surface area (Å²) in [6.45, 7) is 7.56. The van der Waals surface area contributed by atoms with E-state index in [0.29, 0.717) is 30.0 Å². The Kier molecular flexibility index (Phi) is 4.58. The maximum atomic E-state index is 13.0. The zero-order valence-electron chi connectivity index (χ0n) is 16.7. The number of nitrogens with zero attached hydrogens (tertiary/aromatic N) is 4. The lowest BCUT2D eigenvalue weighted by Gasteiger charge is -2.20. The van der Waals surface area contributed by atoms with Crippen molar-refractivity contribution in [1.82, 2.24) is 24.5 Å². The standard InChI is InChI=1S/C20H26N6O2/c1-11(2)12(3)26-10-14(18-17(20(26)27)19(21)23-22-18)15-9-16(25(4)24-15)13-5-7-28-8-6-13/h5,9-12H,6-8H2,1-4H3,(H3,21,22,23). The first-order chi connectivity index (χ1) is 13.4. The van der Waals surface area contributed by atoms with Crippen LogP contribution in [0, 0.1) is 5.92 Å². The van der Waals surface area contributed by atoms with E-state index in [2.05, 4.69) is 36.2 Å². The number of anilines is 1. The van der Waals surface area contributed by atoms with Gasteiger partial charge < -0.3 is 15.0 Å². The van der Waals surface area contributed by atoms with E-state index in [1.165, 1.54) is 5.57 Å². The minimum atomic E-state index is -0.130. The molecule has 28 heavy (non-hydrogen) atoms. The van der Waals surface area contributed by atoms with Gasteiger partial charge >= 0.3 is 0 Å². The second-order valence-electron chi connectivity index (χ2n) is 7.69. The predicted molar refractivity (Wildman–Crippen MR) is 110 cm³/mol. The minimum absolute atomic E-state index is 0.0198. The highest BCUT2D eigenvalue weighted by atomic mass is 16.5. The molecule has 0 aliphatic carbocycles. The molecule has 0 radical (unpaired) electrons. The molecule has 4 heterocycles. The minimum Gasteiger partial charge on any atom is -0.382 e. The van der Waals surface area contributed by atoms with Gasteiger partial charge in [-0.3, -0.25) is 14.6 Å². The molecule has 1 atom stereocenters. The van der Waals surface area contributed by atoms with Crippen molar-refractivity contribution >= 4 is 22.3 Å². The van der Waals surface area contributed by atoms with E-state index in [1.54, 1.807) is 4.57 Å². The summed E-state index contributed by atoms with van der Waals surface area (Å²) >= 11 is 0. The summed E-state index contributed by atoms with van der Waals surface area (Å²) in [6.07, 6.45) is 4.82. The Morgan fingerprint density at radius 2 is 2.11 bits per heavy atom. The Balaban J connectivity index is 1.93. The molecule has 4 rings (SSSR count). The van der Waals surface area contributed by atoms with Crippen LogP contribution >= 0.6 is 0 Å². The maximum Gasteiger partial charge on any atom is 0.264 e. The van der Waals surface area contributed by atoms with E-state index < -0.39 is 0 Å². The van der Waals surface area contributed by atoms with Gasteiger partial charge in [-0.25, -0.2) is 0 Å². The largest absolute Gasteiger partial charge is 0.382 e. The lowest BCUT2D eigenvalue weighted by Crippen LogP contribution is -2.26. The number of H-pyrrole nitrogens is 1. The Hall–Kier alpha value is -2.87. The predicted octanol–water partition coefficient (Wildman–Crippen LogP) is 2.73. The van der Waals surface area contributed by atoms with Crippen LogP contribution in [-0.4, -0.2) is 37.8 Å². The molecule has 0 bridgehead atoms. The van der Waals surface area contributed by atoms with Crippen molar-refractivity contribution in [3.63, 3.8) is 0 Å². The lowest BCUT2D eigenvalue weighted by atomic mass is 10.0. The molecule has 0 aromatic carbocycles. The van der Waals surface area contributed by atoms with E-state index >= 15 is 0 Å². The topological polar surface area (TPSA) is 104 Å². The fraction of sp³-hybridized carbons (Fsp3) is 0.450. The first-order valence-corrected chi connectivity index (χ1v) is 9.58. The van der Waals surface area contributed by atoms with Crippen LogP contribution in [0.4, 0.5) is 5.82 Å². The number of fused-ring (bicyclic) bond motifs is 1. The van der Waals surface area contributed by atoms with E-state index in [4.69, 9.17) is 15.6 Å². The van der Waals surface area contributed by atoms with Gasteiger partial charge in [0.15, 0.2) is 5.82 Å².